The van der Waals surface area contributed by atoms with E-state index in [4.69, 9.17) is 0 Å². The van der Waals surface area contributed by atoms with Crippen molar-refractivity contribution in [3.8, 4) is 0 Å². The Kier molecular flexibility index (Phi) is 4.85. The molecular formula is C18H23N5O2. The van der Waals surface area contributed by atoms with Gasteiger partial charge in [0.15, 0.2) is 0 Å². The van der Waals surface area contributed by atoms with Gasteiger partial charge in [0.05, 0.1) is 23.5 Å². The molecule has 0 bridgehead atoms. The molecule has 3 rings (SSSR count). The monoisotopic (exact) mass is 341 g/mol. The van der Waals surface area contributed by atoms with E-state index < -0.39 is 6.04 Å². The summed E-state index contributed by atoms with van der Waals surface area (Å²) in [4.78, 5) is 26.4. The van der Waals surface area contributed by atoms with Crippen LogP contribution in [0.3, 0.4) is 0 Å². The SMILES string of the molecule is C[C@H](N[C@H](C)[C@H](C)n1cccn1)C(=O)N1CC(=O)Nc2ccccc21. The Morgan fingerprint density at radius 1 is 1.24 bits per heavy atom. The zero-order valence-corrected chi connectivity index (χ0v) is 14.6. The average Bonchev–Trinajstić information content (AvgIpc) is 3.14. The number of carbonyl (C=O) groups excluding carboxylic acids is 2. The van der Waals surface area contributed by atoms with E-state index in [0.29, 0.717) is 5.69 Å². The number of anilines is 2. The molecule has 7 nitrogen and oxygen atoms in total. The number of para-hydroxylation sites is 2. The summed E-state index contributed by atoms with van der Waals surface area (Å²) < 4.78 is 1.86. The Balaban J connectivity index is 1.71. The third-order valence-electron chi connectivity index (χ3n) is 4.59. The predicted molar refractivity (Wildman–Crippen MR) is 96.4 cm³/mol. The van der Waals surface area contributed by atoms with Gasteiger partial charge in [-0.05, 0) is 39.0 Å². The van der Waals surface area contributed by atoms with E-state index in [0.717, 1.165) is 5.69 Å². The summed E-state index contributed by atoms with van der Waals surface area (Å²) >= 11 is 0. The molecule has 0 fully saturated rings. The number of rotatable bonds is 5. The van der Waals surface area contributed by atoms with Gasteiger partial charge >= 0.3 is 0 Å². The maximum atomic E-state index is 12.9. The van der Waals surface area contributed by atoms with Crippen LogP contribution in [0.1, 0.15) is 26.8 Å². The molecule has 2 N–H and O–H groups in total. The lowest BCUT2D eigenvalue weighted by Crippen LogP contribution is -2.52. The lowest BCUT2D eigenvalue weighted by molar-refractivity contribution is -0.123. The van der Waals surface area contributed by atoms with Crippen LogP contribution in [0.25, 0.3) is 0 Å². The average molecular weight is 341 g/mol. The number of hydrogen-bond donors (Lipinski definition) is 2. The van der Waals surface area contributed by atoms with Crippen molar-refractivity contribution < 1.29 is 9.59 Å². The van der Waals surface area contributed by atoms with Crippen molar-refractivity contribution in [1.29, 1.82) is 0 Å². The first-order chi connectivity index (χ1) is 12.0. The van der Waals surface area contributed by atoms with Crippen LogP contribution in [-0.2, 0) is 9.59 Å². The molecule has 0 aliphatic carbocycles. The highest BCUT2D eigenvalue weighted by atomic mass is 16.2. The van der Waals surface area contributed by atoms with Gasteiger partial charge in [-0.25, -0.2) is 0 Å². The fourth-order valence-corrected chi connectivity index (χ4v) is 3.02. The van der Waals surface area contributed by atoms with Crippen molar-refractivity contribution in [2.45, 2.75) is 38.9 Å². The molecule has 0 unspecified atom stereocenters. The number of amides is 2. The molecule has 0 radical (unpaired) electrons. The molecule has 2 heterocycles. The van der Waals surface area contributed by atoms with Gasteiger partial charge in [-0.3, -0.25) is 19.2 Å². The van der Waals surface area contributed by atoms with Crippen molar-refractivity contribution in [2.24, 2.45) is 0 Å². The Labute approximate surface area is 147 Å². The topological polar surface area (TPSA) is 79.3 Å². The van der Waals surface area contributed by atoms with Gasteiger partial charge in [0, 0.05) is 18.4 Å². The van der Waals surface area contributed by atoms with E-state index in [2.05, 4.69) is 15.7 Å². The van der Waals surface area contributed by atoms with E-state index in [1.807, 2.05) is 55.9 Å². The summed E-state index contributed by atoms with van der Waals surface area (Å²) in [5, 5.41) is 10.4. The molecule has 0 spiro atoms. The Morgan fingerprint density at radius 2 is 2.00 bits per heavy atom. The van der Waals surface area contributed by atoms with Crippen LogP contribution in [0.2, 0.25) is 0 Å². The summed E-state index contributed by atoms with van der Waals surface area (Å²) in [6.07, 6.45) is 3.64. The second kappa shape index (κ2) is 7.06. The maximum Gasteiger partial charge on any atom is 0.244 e. The number of fused-ring (bicyclic) bond motifs is 1. The third-order valence-corrected chi connectivity index (χ3v) is 4.59. The molecule has 2 aromatic rings. The third kappa shape index (κ3) is 3.56. The lowest BCUT2D eigenvalue weighted by Gasteiger charge is -2.33. The molecule has 1 aliphatic rings. The number of nitrogens with one attached hydrogen (secondary N) is 2. The van der Waals surface area contributed by atoms with Gasteiger partial charge in [-0.15, -0.1) is 0 Å². The highest BCUT2D eigenvalue weighted by Gasteiger charge is 2.30. The van der Waals surface area contributed by atoms with E-state index in [9.17, 15) is 9.59 Å². The fraction of sp³-hybridized carbons (Fsp3) is 0.389. The van der Waals surface area contributed by atoms with Crippen LogP contribution < -0.4 is 15.5 Å². The van der Waals surface area contributed by atoms with Crippen molar-refractivity contribution in [2.75, 3.05) is 16.8 Å². The van der Waals surface area contributed by atoms with Crippen molar-refractivity contribution in [3.05, 3.63) is 42.7 Å². The first-order valence-corrected chi connectivity index (χ1v) is 8.43. The number of aromatic nitrogens is 2. The molecule has 0 saturated carbocycles. The number of hydrogen-bond acceptors (Lipinski definition) is 4. The highest BCUT2D eigenvalue weighted by Crippen LogP contribution is 2.29. The molecule has 7 heteroatoms. The van der Waals surface area contributed by atoms with Crippen molar-refractivity contribution >= 4 is 23.2 Å². The van der Waals surface area contributed by atoms with E-state index in [1.54, 1.807) is 12.3 Å². The van der Waals surface area contributed by atoms with Gasteiger partial charge in [-0.1, -0.05) is 12.1 Å². The second-order valence-electron chi connectivity index (χ2n) is 6.39. The minimum Gasteiger partial charge on any atom is -0.323 e. The van der Waals surface area contributed by atoms with Gasteiger partial charge < -0.3 is 10.6 Å². The fourth-order valence-electron chi connectivity index (χ4n) is 3.02. The summed E-state index contributed by atoms with van der Waals surface area (Å²) in [6.45, 7) is 5.92. The largest absolute Gasteiger partial charge is 0.323 e. The Hall–Kier alpha value is -2.67. The highest BCUT2D eigenvalue weighted by molar-refractivity contribution is 6.11. The minimum absolute atomic E-state index is 0.0327. The normalized spacial score (nSPS) is 17.4. The molecular weight excluding hydrogens is 318 g/mol. The standard InChI is InChI=1S/C18H23N5O2/c1-12(14(3)23-10-6-9-19-23)20-13(2)18(25)22-11-17(24)21-15-7-4-5-8-16(15)22/h4-10,12-14,20H,11H2,1-3H3,(H,21,24)/t12-,13+,14+/m1/s1. The first kappa shape index (κ1) is 17.2. The van der Waals surface area contributed by atoms with Crippen LogP contribution in [-0.4, -0.2) is 40.2 Å². The van der Waals surface area contributed by atoms with Crippen LogP contribution in [0.4, 0.5) is 11.4 Å². The van der Waals surface area contributed by atoms with Crippen LogP contribution in [0, 0.1) is 0 Å². The van der Waals surface area contributed by atoms with Gasteiger partial charge in [-0.2, -0.15) is 5.10 Å². The van der Waals surface area contributed by atoms with Crippen molar-refractivity contribution in [3.63, 3.8) is 0 Å². The zero-order chi connectivity index (χ0) is 18.0. The van der Waals surface area contributed by atoms with Crippen molar-refractivity contribution in [1.82, 2.24) is 15.1 Å². The molecule has 1 aromatic carbocycles. The van der Waals surface area contributed by atoms with Gasteiger partial charge in [0.25, 0.3) is 0 Å². The molecule has 2 amide bonds. The minimum atomic E-state index is -0.424. The number of carbonyl (C=O) groups is 2. The summed E-state index contributed by atoms with van der Waals surface area (Å²) in [5.41, 5.74) is 1.39. The molecule has 1 aliphatic heterocycles. The van der Waals surface area contributed by atoms with E-state index >= 15 is 0 Å². The molecule has 0 saturated heterocycles. The number of benzene rings is 1. The van der Waals surface area contributed by atoms with Gasteiger partial charge in [0.1, 0.15) is 6.54 Å². The van der Waals surface area contributed by atoms with Crippen LogP contribution in [0.15, 0.2) is 42.7 Å². The summed E-state index contributed by atoms with van der Waals surface area (Å²) in [6, 6.07) is 8.92. The summed E-state index contributed by atoms with van der Waals surface area (Å²) in [7, 11) is 0. The van der Waals surface area contributed by atoms with Gasteiger partial charge in [0.2, 0.25) is 11.8 Å². The maximum absolute atomic E-state index is 12.9. The Morgan fingerprint density at radius 3 is 2.72 bits per heavy atom. The number of nitrogens with zero attached hydrogens (tertiary/aromatic N) is 3. The van der Waals surface area contributed by atoms with E-state index in [-0.39, 0.29) is 30.4 Å². The van der Waals surface area contributed by atoms with Crippen LogP contribution in [0.5, 0.6) is 0 Å². The summed E-state index contributed by atoms with van der Waals surface area (Å²) in [5.74, 6) is -0.306. The molecule has 25 heavy (non-hydrogen) atoms. The second-order valence-corrected chi connectivity index (χ2v) is 6.39. The zero-order valence-electron chi connectivity index (χ0n) is 14.6. The van der Waals surface area contributed by atoms with E-state index in [1.165, 1.54) is 4.90 Å². The molecule has 132 valence electrons. The quantitative estimate of drug-likeness (QED) is 0.869. The lowest BCUT2D eigenvalue weighted by atomic mass is 10.1. The Bertz CT molecular complexity index is 759. The molecule has 3 atom stereocenters. The predicted octanol–water partition coefficient (Wildman–Crippen LogP) is 1.80. The smallest absolute Gasteiger partial charge is 0.244 e. The first-order valence-electron chi connectivity index (χ1n) is 8.43. The van der Waals surface area contributed by atoms with Crippen LogP contribution >= 0.6 is 0 Å². The molecule has 1 aromatic heterocycles.